The number of para-hydroxylation sites is 1. The van der Waals surface area contributed by atoms with Crippen LogP contribution in [0, 0.1) is 0 Å². The molecule has 1 atom stereocenters. The number of urea groups is 1. The van der Waals surface area contributed by atoms with Crippen LogP contribution in [0.4, 0.5) is 4.79 Å². The summed E-state index contributed by atoms with van der Waals surface area (Å²) >= 11 is 0. The fraction of sp³-hybridized carbons (Fsp3) is 0.389. The summed E-state index contributed by atoms with van der Waals surface area (Å²) in [5.41, 5.74) is 2.08. The van der Waals surface area contributed by atoms with Crippen molar-refractivity contribution in [2.24, 2.45) is 0 Å². The third-order valence-corrected chi connectivity index (χ3v) is 4.35. The van der Waals surface area contributed by atoms with Gasteiger partial charge >= 0.3 is 6.03 Å². The molecule has 0 aliphatic carbocycles. The Morgan fingerprint density at radius 2 is 2.08 bits per heavy atom. The van der Waals surface area contributed by atoms with Gasteiger partial charge in [0.25, 0.3) is 5.91 Å². The minimum absolute atomic E-state index is 0.0197. The van der Waals surface area contributed by atoms with Crippen molar-refractivity contribution in [3.05, 3.63) is 36.0 Å². The number of rotatable bonds is 7. The van der Waals surface area contributed by atoms with E-state index in [1.54, 1.807) is 0 Å². The molecule has 0 radical (unpaired) electrons. The molecule has 1 fully saturated rings. The number of carbonyl (C=O) groups is 3. The molecule has 1 aliphatic heterocycles. The lowest BCUT2D eigenvalue weighted by atomic mass is 10.1. The van der Waals surface area contributed by atoms with Crippen LogP contribution in [0.25, 0.3) is 10.9 Å². The molecular formula is C18H22N4O3. The minimum Gasteiger partial charge on any atom is -0.361 e. The summed E-state index contributed by atoms with van der Waals surface area (Å²) in [5, 5.41) is 6.40. The average molecular weight is 342 g/mol. The van der Waals surface area contributed by atoms with Crippen LogP contribution in [0.5, 0.6) is 0 Å². The Hall–Kier alpha value is -2.83. The number of carbonyl (C=O) groups excluding carboxylic acids is 3. The number of hydrogen-bond donors (Lipinski definition) is 3. The zero-order valence-corrected chi connectivity index (χ0v) is 14.2. The number of benzene rings is 1. The molecule has 0 unspecified atom stereocenters. The fourth-order valence-electron chi connectivity index (χ4n) is 3.02. The molecule has 2 aromatic rings. The molecule has 7 nitrogen and oxygen atoms in total. The molecule has 7 heteroatoms. The largest absolute Gasteiger partial charge is 0.361 e. The molecule has 132 valence electrons. The van der Waals surface area contributed by atoms with Crippen molar-refractivity contribution in [1.29, 1.82) is 0 Å². The maximum absolute atomic E-state index is 12.4. The van der Waals surface area contributed by atoms with E-state index in [1.165, 1.54) is 4.90 Å². The van der Waals surface area contributed by atoms with E-state index in [4.69, 9.17) is 0 Å². The van der Waals surface area contributed by atoms with Crippen molar-refractivity contribution < 1.29 is 14.4 Å². The predicted molar refractivity (Wildman–Crippen MR) is 94.0 cm³/mol. The summed E-state index contributed by atoms with van der Waals surface area (Å²) in [7, 11) is 0. The number of aromatic amines is 1. The van der Waals surface area contributed by atoms with Crippen molar-refractivity contribution in [1.82, 2.24) is 20.5 Å². The van der Waals surface area contributed by atoms with E-state index in [2.05, 4.69) is 15.6 Å². The zero-order valence-electron chi connectivity index (χ0n) is 14.2. The highest BCUT2D eigenvalue weighted by molar-refractivity contribution is 6.05. The zero-order chi connectivity index (χ0) is 17.8. The Morgan fingerprint density at radius 1 is 1.28 bits per heavy atom. The number of fused-ring (bicyclic) bond motifs is 1. The van der Waals surface area contributed by atoms with Crippen LogP contribution in [0.3, 0.4) is 0 Å². The lowest BCUT2D eigenvalue weighted by molar-refractivity contribution is -0.130. The van der Waals surface area contributed by atoms with E-state index >= 15 is 0 Å². The average Bonchev–Trinajstić information content (AvgIpc) is 3.13. The third-order valence-electron chi connectivity index (χ3n) is 4.35. The molecule has 0 bridgehead atoms. The molecule has 2 heterocycles. The first-order chi connectivity index (χ1) is 12.1. The quantitative estimate of drug-likeness (QED) is 0.666. The van der Waals surface area contributed by atoms with Gasteiger partial charge in [-0.05, 0) is 24.5 Å². The van der Waals surface area contributed by atoms with Gasteiger partial charge in [-0.15, -0.1) is 0 Å². The van der Waals surface area contributed by atoms with Gasteiger partial charge in [-0.3, -0.25) is 14.5 Å². The van der Waals surface area contributed by atoms with Crippen molar-refractivity contribution in [3.63, 3.8) is 0 Å². The third kappa shape index (κ3) is 3.65. The van der Waals surface area contributed by atoms with Gasteiger partial charge in [0, 0.05) is 30.2 Å². The van der Waals surface area contributed by atoms with Crippen molar-refractivity contribution in [2.75, 3.05) is 13.1 Å². The highest BCUT2D eigenvalue weighted by Crippen LogP contribution is 2.19. The number of aromatic nitrogens is 1. The second-order valence-corrected chi connectivity index (χ2v) is 6.16. The van der Waals surface area contributed by atoms with E-state index in [-0.39, 0.29) is 18.2 Å². The summed E-state index contributed by atoms with van der Waals surface area (Å²) in [6, 6.07) is 6.70. The number of hydrogen-bond acceptors (Lipinski definition) is 3. The second-order valence-electron chi connectivity index (χ2n) is 6.16. The minimum atomic E-state index is -0.771. The van der Waals surface area contributed by atoms with Crippen LogP contribution in [-0.4, -0.2) is 46.9 Å². The molecule has 1 aromatic heterocycles. The van der Waals surface area contributed by atoms with E-state index in [0.717, 1.165) is 22.9 Å². The van der Waals surface area contributed by atoms with E-state index in [0.29, 0.717) is 19.5 Å². The van der Waals surface area contributed by atoms with Gasteiger partial charge < -0.3 is 15.6 Å². The lowest BCUT2D eigenvalue weighted by Gasteiger charge is -2.12. The van der Waals surface area contributed by atoms with Crippen molar-refractivity contribution in [2.45, 2.75) is 32.2 Å². The Bertz CT molecular complexity index is 798. The van der Waals surface area contributed by atoms with Crippen molar-refractivity contribution in [3.8, 4) is 0 Å². The topological polar surface area (TPSA) is 94.3 Å². The van der Waals surface area contributed by atoms with Crippen LogP contribution < -0.4 is 10.6 Å². The summed E-state index contributed by atoms with van der Waals surface area (Å²) in [6.45, 7) is 2.81. The second kappa shape index (κ2) is 7.38. The van der Waals surface area contributed by atoms with Crippen LogP contribution in [0.2, 0.25) is 0 Å². The van der Waals surface area contributed by atoms with Gasteiger partial charge in [0.2, 0.25) is 5.91 Å². The molecule has 0 spiro atoms. The molecular weight excluding hydrogens is 320 g/mol. The molecule has 1 aromatic carbocycles. The highest BCUT2D eigenvalue weighted by atomic mass is 16.2. The first-order valence-electron chi connectivity index (χ1n) is 8.53. The van der Waals surface area contributed by atoms with Crippen LogP contribution in [0.15, 0.2) is 30.5 Å². The maximum Gasteiger partial charge on any atom is 0.324 e. The number of H-pyrrole nitrogens is 1. The monoisotopic (exact) mass is 342 g/mol. The standard InChI is InChI=1S/C18H22N4O3/c1-2-8-19-16(23)10-15-17(24)22(18(25)21-15)9-7-12-11-20-14-6-4-3-5-13(12)14/h3-6,11,15,20H,2,7-10H2,1H3,(H,19,23)(H,21,25)/t15-/m1/s1. The normalized spacial score (nSPS) is 17.2. The van der Waals surface area contributed by atoms with Gasteiger partial charge in [0.05, 0.1) is 6.42 Å². The molecule has 25 heavy (non-hydrogen) atoms. The highest BCUT2D eigenvalue weighted by Gasteiger charge is 2.38. The molecule has 1 aliphatic rings. The molecule has 1 saturated heterocycles. The van der Waals surface area contributed by atoms with Gasteiger partial charge in [-0.2, -0.15) is 0 Å². The predicted octanol–water partition coefficient (Wildman–Crippen LogP) is 1.55. The fourth-order valence-corrected chi connectivity index (χ4v) is 3.02. The number of amides is 4. The number of imide groups is 1. The van der Waals surface area contributed by atoms with Gasteiger partial charge in [-0.1, -0.05) is 25.1 Å². The maximum atomic E-state index is 12.4. The molecule has 0 saturated carbocycles. The Kier molecular flexibility index (Phi) is 5.02. The Morgan fingerprint density at radius 3 is 2.88 bits per heavy atom. The molecule has 4 amide bonds. The van der Waals surface area contributed by atoms with Gasteiger partial charge in [0.1, 0.15) is 6.04 Å². The number of nitrogens with one attached hydrogen (secondary N) is 3. The van der Waals surface area contributed by atoms with Crippen LogP contribution in [-0.2, 0) is 16.0 Å². The van der Waals surface area contributed by atoms with Crippen molar-refractivity contribution >= 4 is 28.7 Å². The lowest BCUT2D eigenvalue weighted by Crippen LogP contribution is -2.37. The van der Waals surface area contributed by atoms with Gasteiger partial charge in [-0.25, -0.2) is 4.79 Å². The first-order valence-corrected chi connectivity index (χ1v) is 8.53. The molecule has 3 rings (SSSR count). The summed E-state index contributed by atoms with van der Waals surface area (Å²) in [6.07, 6.45) is 3.28. The summed E-state index contributed by atoms with van der Waals surface area (Å²) < 4.78 is 0. The Labute approximate surface area is 145 Å². The number of nitrogens with zero attached hydrogens (tertiary/aromatic N) is 1. The van der Waals surface area contributed by atoms with Crippen LogP contribution in [0.1, 0.15) is 25.3 Å². The van der Waals surface area contributed by atoms with E-state index < -0.39 is 12.1 Å². The van der Waals surface area contributed by atoms with Crippen LogP contribution >= 0.6 is 0 Å². The molecule has 3 N–H and O–H groups in total. The SMILES string of the molecule is CCCNC(=O)C[C@H]1NC(=O)N(CCc2c[nH]c3ccccc23)C1=O. The smallest absolute Gasteiger partial charge is 0.324 e. The summed E-state index contributed by atoms with van der Waals surface area (Å²) in [4.78, 5) is 40.6. The van der Waals surface area contributed by atoms with E-state index in [9.17, 15) is 14.4 Å². The first kappa shape index (κ1) is 17.0. The van der Waals surface area contributed by atoms with Gasteiger partial charge in [0.15, 0.2) is 0 Å². The van der Waals surface area contributed by atoms with E-state index in [1.807, 2.05) is 37.4 Å². The summed E-state index contributed by atoms with van der Waals surface area (Å²) in [5.74, 6) is -0.560. The Balaban J connectivity index is 1.60.